The highest BCUT2D eigenvalue weighted by atomic mass is 35.5. The minimum atomic E-state index is -1.34. The van der Waals surface area contributed by atoms with Gasteiger partial charge in [0.15, 0.2) is 0 Å². The quantitative estimate of drug-likeness (QED) is 0.530. The topological polar surface area (TPSA) is 83.4 Å². The number of rotatable bonds is 6. The molecule has 1 aliphatic heterocycles. The molecule has 28 heavy (non-hydrogen) atoms. The number of hydrogen-bond acceptors (Lipinski definition) is 7. The number of carbonyl (C=O) groups excluding carboxylic acids is 2. The van der Waals surface area contributed by atoms with Gasteiger partial charge in [0.05, 0.1) is 19.8 Å². The molecule has 0 radical (unpaired) electrons. The van der Waals surface area contributed by atoms with Gasteiger partial charge in [-0.3, -0.25) is 9.79 Å². The average molecular weight is 410 g/mol. The van der Waals surface area contributed by atoms with Gasteiger partial charge in [0.25, 0.3) is 0 Å². The molecule has 7 nitrogen and oxygen atoms in total. The molecule has 1 aromatic rings. The van der Waals surface area contributed by atoms with Crippen LogP contribution >= 0.6 is 11.6 Å². The van der Waals surface area contributed by atoms with E-state index in [1.165, 1.54) is 28.4 Å². The van der Waals surface area contributed by atoms with Crippen LogP contribution in [0.15, 0.2) is 40.5 Å². The zero-order valence-electron chi connectivity index (χ0n) is 16.7. The molecular weight excluding hydrogens is 386 g/mol. The smallest absolute Gasteiger partial charge is 0.336 e. The van der Waals surface area contributed by atoms with E-state index in [1.807, 2.05) is 0 Å². The lowest BCUT2D eigenvalue weighted by Crippen LogP contribution is -2.42. The van der Waals surface area contributed by atoms with Crippen LogP contribution < -0.4 is 0 Å². The summed E-state index contributed by atoms with van der Waals surface area (Å²) in [6.07, 6.45) is 0. The van der Waals surface area contributed by atoms with Gasteiger partial charge in [0, 0.05) is 30.9 Å². The van der Waals surface area contributed by atoms with E-state index in [-0.39, 0.29) is 11.3 Å². The number of halogens is 1. The predicted molar refractivity (Wildman–Crippen MR) is 104 cm³/mol. The molecule has 8 heteroatoms. The Morgan fingerprint density at radius 1 is 1.07 bits per heavy atom. The van der Waals surface area contributed by atoms with Crippen molar-refractivity contribution in [3.05, 3.63) is 46.1 Å². The number of methoxy groups -OCH3 is 4. The maximum Gasteiger partial charge on any atom is 0.336 e. The van der Waals surface area contributed by atoms with E-state index in [0.29, 0.717) is 16.3 Å². The fourth-order valence-corrected chi connectivity index (χ4v) is 3.57. The average Bonchev–Trinajstić information content (AvgIpc) is 2.71. The minimum Gasteiger partial charge on any atom is -0.468 e. The van der Waals surface area contributed by atoms with Crippen molar-refractivity contribution in [2.45, 2.75) is 25.6 Å². The van der Waals surface area contributed by atoms with Crippen molar-refractivity contribution >= 4 is 29.3 Å². The molecule has 0 fully saturated rings. The highest BCUT2D eigenvalue weighted by molar-refractivity contribution is 6.31. The third-order valence-electron chi connectivity index (χ3n) is 4.95. The number of aliphatic imine (C=N–C) groups is 1. The molecule has 0 saturated carbocycles. The van der Waals surface area contributed by atoms with Crippen LogP contribution in [0, 0.1) is 5.92 Å². The van der Waals surface area contributed by atoms with E-state index in [9.17, 15) is 9.59 Å². The van der Waals surface area contributed by atoms with Gasteiger partial charge in [-0.15, -0.1) is 0 Å². The Bertz CT molecular complexity index is 828. The molecule has 0 aliphatic carbocycles. The first-order chi connectivity index (χ1) is 13.2. The van der Waals surface area contributed by atoms with Gasteiger partial charge in [-0.05, 0) is 25.5 Å². The van der Waals surface area contributed by atoms with Crippen molar-refractivity contribution < 1.29 is 28.5 Å². The highest BCUT2D eigenvalue weighted by Crippen LogP contribution is 2.45. The van der Waals surface area contributed by atoms with Crippen molar-refractivity contribution in [2.75, 3.05) is 28.4 Å². The predicted octanol–water partition coefficient (Wildman–Crippen LogP) is 3.12. The Balaban J connectivity index is 2.90. The van der Waals surface area contributed by atoms with Crippen molar-refractivity contribution in [3.8, 4) is 0 Å². The summed E-state index contributed by atoms with van der Waals surface area (Å²) >= 11 is 6.43. The van der Waals surface area contributed by atoms with E-state index in [4.69, 9.17) is 30.5 Å². The van der Waals surface area contributed by atoms with Gasteiger partial charge in [-0.1, -0.05) is 29.8 Å². The number of ether oxygens (including phenoxy) is 4. The number of benzene rings is 1. The number of carbonyl (C=O) groups is 2. The molecule has 1 aromatic carbocycles. The first-order valence-electron chi connectivity index (χ1n) is 8.56. The first kappa shape index (κ1) is 22.1. The molecule has 2 atom stereocenters. The molecule has 1 heterocycles. The van der Waals surface area contributed by atoms with E-state index < -0.39 is 29.6 Å². The Morgan fingerprint density at radius 3 is 2.18 bits per heavy atom. The third kappa shape index (κ3) is 3.83. The van der Waals surface area contributed by atoms with Gasteiger partial charge >= 0.3 is 11.9 Å². The van der Waals surface area contributed by atoms with Crippen molar-refractivity contribution in [2.24, 2.45) is 10.9 Å². The summed E-state index contributed by atoms with van der Waals surface area (Å²) in [5.41, 5.74) is 1.36. The summed E-state index contributed by atoms with van der Waals surface area (Å²) in [5, 5.41) is 0.397. The summed E-state index contributed by atoms with van der Waals surface area (Å²) in [7, 11) is 5.41. The molecule has 0 aromatic heterocycles. The normalized spacial score (nSPS) is 19.9. The fourth-order valence-electron chi connectivity index (χ4n) is 3.31. The second-order valence-electron chi connectivity index (χ2n) is 6.36. The lowest BCUT2D eigenvalue weighted by molar-refractivity contribution is -0.167. The summed E-state index contributed by atoms with van der Waals surface area (Å²) in [6, 6.07) is 6.97. The number of esters is 2. The monoisotopic (exact) mass is 409 g/mol. The van der Waals surface area contributed by atoms with Gasteiger partial charge < -0.3 is 18.9 Å². The second kappa shape index (κ2) is 8.86. The molecule has 0 spiro atoms. The number of nitrogens with zero attached hydrogens (tertiary/aromatic N) is 1. The third-order valence-corrected chi connectivity index (χ3v) is 5.29. The summed E-state index contributed by atoms with van der Waals surface area (Å²) in [5.74, 6) is -4.19. The van der Waals surface area contributed by atoms with Crippen LogP contribution in [-0.2, 0) is 28.5 Å². The zero-order chi connectivity index (χ0) is 21.1. The van der Waals surface area contributed by atoms with E-state index in [0.717, 1.165) is 0 Å². The molecule has 1 aliphatic rings. The van der Waals surface area contributed by atoms with Crippen LogP contribution in [0.25, 0.3) is 0 Å². The van der Waals surface area contributed by atoms with Gasteiger partial charge in [-0.2, -0.15) is 0 Å². The summed E-state index contributed by atoms with van der Waals surface area (Å²) in [4.78, 5) is 30.0. The Morgan fingerprint density at radius 2 is 1.68 bits per heavy atom. The van der Waals surface area contributed by atoms with Crippen LogP contribution in [0.2, 0.25) is 5.02 Å². The zero-order valence-corrected chi connectivity index (χ0v) is 17.5. The summed E-state index contributed by atoms with van der Waals surface area (Å²) in [6.45, 7) is 3.31. The highest BCUT2D eigenvalue weighted by Gasteiger charge is 2.47. The molecule has 0 amide bonds. The van der Waals surface area contributed by atoms with Crippen LogP contribution in [0.3, 0.4) is 0 Å². The molecule has 152 valence electrons. The van der Waals surface area contributed by atoms with Crippen LogP contribution in [-0.4, -0.2) is 51.9 Å². The van der Waals surface area contributed by atoms with Gasteiger partial charge in [0.2, 0.25) is 5.79 Å². The lowest BCUT2D eigenvalue weighted by Gasteiger charge is -2.37. The minimum absolute atomic E-state index is 0.128. The van der Waals surface area contributed by atoms with Gasteiger partial charge in [0.1, 0.15) is 11.6 Å². The lowest BCUT2D eigenvalue weighted by atomic mass is 9.74. The Hall–Kier alpha value is -2.22. The molecule has 2 rings (SSSR count). The standard InChI is InChI=1S/C20H24ClNO6/c1-11-14(18(23)25-3)15(12-9-7-8-10-13(12)21)16(19(24)26-4)17(22-11)20(2,27-5)28-6/h7-10,14-15H,1-6H3. The van der Waals surface area contributed by atoms with E-state index in [1.54, 1.807) is 38.1 Å². The maximum absolute atomic E-state index is 12.9. The molecule has 0 N–H and O–H groups in total. The Labute approximate surface area is 169 Å². The van der Waals surface area contributed by atoms with Crippen LogP contribution in [0.4, 0.5) is 0 Å². The van der Waals surface area contributed by atoms with Crippen molar-refractivity contribution in [1.82, 2.24) is 0 Å². The second-order valence-corrected chi connectivity index (χ2v) is 6.77. The molecular formula is C20H24ClNO6. The van der Waals surface area contributed by atoms with Gasteiger partial charge in [-0.25, -0.2) is 4.79 Å². The molecule has 0 saturated heterocycles. The summed E-state index contributed by atoms with van der Waals surface area (Å²) < 4.78 is 21.0. The number of hydrogen-bond donors (Lipinski definition) is 0. The van der Waals surface area contributed by atoms with E-state index in [2.05, 4.69) is 4.99 Å². The SMILES string of the molecule is COC(=O)C1=C(C(C)(OC)OC)N=C(C)C(C(=O)OC)C1c1ccccc1Cl. The molecule has 0 bridgehead atoms. The fraction of sp³-hybridized carbons (Fsp3) is 0.450. The van der Waals surface area contributed by atoms with Crippen molar-refractivity contribution in [1.29, 1.82) is 0 Å². The van der Waals surface area contributed by atoms with Crippen LogP contribution in [0.5, 0.6) is 0 Å². The first-order valence-corrected chi connectivity index (χ1v) is 8.94. The van der Waals surface area contributed by atoms with E-state index >= 15 is 0 Å². The Kier molecular flexibility index (Phi) is 6.98. The molecule has 2 unspecified atom stereocenters. The van der Waals surface area contributed by atoms with Crippen molar-refractivity contribution in [3.63, 3.8) is 0 Å². The maximum atomic E-state index is 12.9. The van der Waals surface area contributed by atoms with Crippen LogP contribution in [0.1, 0.15) is 25.3 Å². The largest absolute Gasteiger partial charge is 0.468 e.